The number of benzene rings is 1. The molecule has 6 heteroatoms. The number of carbonyl (C=O) groups is 2. The molecule has 1 aromatic carbocycles. The van der Waals surface area contributed by atoms with E-state index in [0.717, 1.165) is 0 Å². The van der Waals surface area contributed by atoms with Crippen molar-refractivity contribution in [3.63, 3.8) is 0 Å². The summed E-state index contributed by atoms with van der Waals surface area (Å²) in [5.41, 5.74) is 2.07. The zero-order valence-electron chi connectivity index (χ0n) is 15.6. The molecule has 0 aliphatic heterocycles. The van der Waals surface area contributed by atoms with Crippen LogP contribution in [0, 0.1) is 0 Å². The van der Waals surface area contributed by atoms with Crippen LogP contribution in [-0.4, -0.2) is 35.2 Å². The van der Waals surface area contributed by atoms with Gasteiger partial charge in [-0.1, -0.05) is 25.2 Å². The predicted octanol–water partition coefficient (Wildman–Crippen LogP) is 3.10. The first-order chi connectivity index (χ1) is 12.2. The summed E-state index contributed by atoms with van der Waals surface area (Å²) in [6.07, 6.45) is 4.11. The number of rotatable bonds is 5. The highest BCUT2D eigenvalue weighted by Crippen LogP contribution is 2.46. The lowest BCUT2D eigenvalue weighted by Gasteiger charge is -2.29. The molecule has 0 heterocycles. The molecule has 0 bridgehead atoms. The molecule has 1 aliphatic carbocycles. The van der Waals surface area contributed by atoms with Gasteiger partial charge in [0, 0.05) is 22.6 Å². The highest BCUT2D eigenvalue weighted by atomic mass is 16.5. The average Bonchev–Trinajstić information content (AvgIpc) is 2.61. The summed E-state index contributed by atoms with van der Waals surface area (Å²) in [6, 6.07) is 0. The van der Waals surface area contributed by atoms with E-state index in [0.29, 0.717) is 22.3 Å². The molecule has 0 fully saturated rings. The van der Waals surface area contributed by atoms with Crippen LogP contribution < -0.4 is 4.74 Å². The molecule has 0 unspecified atom stereocenters. The Kier molecular flexibility index (Phi) is 5.87. The zero-order chi connectivity index (χ0) is 19.6. The Morgan fingerprint density at radius 1 is 1.31 bits per heavy atom. The second-order valence-electron chi connectivity index (χ2n) is 6.31. The van der Waals surface area contributed by atoms with Gasteiger partial charge in [-0.05, 0) is 26.3 Å². The molecule has 26 heavy (non-hydrogen) atoms. The third kappa shape index (κ3) is 3.37. The van der Waals surface area contributed by atoms with Gasteiger partial charge in [0.25, 0.3) is 0 Å². The zero-order valence-corrected chi connectivity index (χ0v) is 15.6. The van der Waals surface area contributed by atoms with E-state index in [1.807, 2.05) is 0 Å². The van der Waals surface area contributed by atoms with E-state index in [1.165, 1.54) is 14.0 Å². The van der Waals surface area contributed by atoms with Crippen LogP contribution in [0.1, 0.15) is 60.7 Å². The Morgan fingerprint density at radius 3 is 2.50 bits per heavy atom. The molecule has 0 radical (unpaired) electrons. The van der Waals surface area contributed by atoms with E-state index in [2.05, 4.69) is 0 Å². The standard InChI is InChI=1S/C20H24O6/c1-6-10(2)20(24)26-9-14-16-11(3)15(22)8-7-13(16)19(25-5)18(23)17(14)12(4)21/h6-8,11,15,22-23H,9H2,1-5H3/t11-,15-/m0/s1. The number of allylic oxidation sites excluding steroid dienone is 1. The largest absolute Gasteiger partial charge is 0.504 e. The van der Waals surface area contributed by atoms with Crippen molar-refractivity contribution in [1.82, 2.24) is 0 Å². The molecule has 2 atom stereocenters. The van der Waals surface area contributed by atoms with Crippen molar-refractivity contribution in [2.45, 2.75) is 46.3 Å². The molecule has 140 valence electrons. The smallest absolute Gasteiger partial charge is 0.333 e. The van der Waals surface area contributed by atoms with Crippen molar-refractivity contribution in [3.05, 3.63) is 40.0 Å². The minimum atomic E-state index is -0.761. The average molecular weight is 360 g/mol. The van der Waals surface area contributed by atoms with Gasteiger partial charge in [0.2, 0.25) is 0 Å². The summed E-state index contributed by atoms with van der Waals surface area (Å²) in [7, 11) is 1.40. The van der Waals surface area contributed by atoms with Crippen LogP contribution in [0.3, 0.4) is 0 Å². The molecule has 1 aliphatic rings. The van der Waals surface area contributed by atoms with Gasteiger partial charge in [-0.15, -0.1) is 0 Å². The Bertz CT molecular complexity index is 803. The topological polar surface area (TPSA) is 93.1 Å². The van der Waals surface area contributed by atoms with Crippen LogP contribution in [0.25, 0.3) is 6.08 Å². The maximum absolute atomic E-state index is 12.2. The van der Waals surface area contributed by atoms with Crippen LogP contribution in [-0.2, 0) is 16.1 Å². The summed E-state index contributed by atoms with van der Waals surface area (Å²) in [5.74, 6) is -1.38. The third-order valence-corrected chi connectivity index (χ3v) is 4.70. The monoisotopic (exact) mass is 360 g/mol. The molecule has 0 saturated carbocycles. The predicted molar refractivity (Wildman–Crippen MR) is 97.3 cm³/mol. The Labute approximate surface area is 152 Å². The SMILES string of the molecule is CC=C(C)C(=O)OCc1c(C(C)=O)c(O)c(OC)c2c1[C@@H](C)[C@@H](O)C=C2. The van der Waals surface area contributed by atoms with E-state index in [9.17, 15) is 19.8 Å². The molecule has 0 saturated heterocycles. The number of aliphatic hydroxyl groups is 1. The van der Waals surface area contributed by atoms with Crippen molar-refractivity contribution in [1.29, 1.82) is 0 Å². The van der Waals surface area contributed by atoms with Crippen molar-refractivity contribution in [2.24, 2.45) is 0 Å². The van der Waals surface area contributed by atoms with Crippen LogP contribution in [0.2, 0.25) is 0 Å². The molecule has 0 spiro atoms. The lowest BCUT2D eigenvalue weighted by Crippen LogP contribution is -2.22. The Hall–Kier alpha value is -2.60. The van der Waals surface area contributed by atoms with Crippen molar-refractivity contribution in [3.8, 4) is 11.5 Å². The number of hydrogen-bond acceptors (Lipinski definition) is 6. The number of methoxy groups -OCH3 is 1. The fourth-order valence-electron chi connectivity index (χ4n) is 3.13. The van der Waals surface area contributed by atoms with E-state index < -0.39 is 12.1 Å². The lowest BCUT2D eigenvalue weighted by molar-refractivity contribution is -0.140. The van der Waals surface area contributed by atoms with E-state index >= 15 is 0 Å². The molecule has 2 N–H and O–H groups in total. The number of ether oxygens (including phenoxy) is 2. The van der Waals surface area contributed by atoms with Crippen LogP contribution >= 0.6 is 0 Å². The van der Waals surface area contributed by atoms with Crippen LogP contribution in [0.5, 0.6) is 11.5 Å². The molecule has 6 nitrogen and oxygen atoms in total. The summed E-state index contributed by atoms with van der Waals surface area (Å²) >= 11 is 0. The number of phenols is 1. The highest BCUT2D eigenvalue weighted by Gasteiger charge is 2.32. The van der Waals surface area contributed by atoms with Gasteiger partial charge >= 0.3 is 5.97 Å². The minimum Gasteiger partial charge on any atom is -0.504 e. The second-order valence-corrected chi connectivity index (χ2v) is 6.31. The number of esters is 1. The number of Topliss-reactive ketones (excluding diaryl/α,β-unsaturated/α-hetero) is 1. The molecular formula is C20H24O6. The van der Waals surface area contributed by atoms with Gasteiger partial charge in [-0.3, -0.25) is 4.79 Å². The highest BCUT2D eigenvalue weighted by molar-refractivity contribution is 6.01. The molecular weight excluding hydrogens is 336 g/mol. The maximum Gasteiger partial charge on any atom is 0.333 e. The summed E-state index contributed by atoms with van der Waals surface area (Å²) < 4.78 is 10.6. The summed E-state index contributed by atoms with van der Waals surface area (Å²) in [6.45, 7) is 6.29. The van der Waals surface area contributed by atoms with Crippen LogP contribution in [0.15, 0.2) is 17.7 Å². The molecule has 0 aromatic heterocycles. The normalized spacial score (nSPS) is 19.1. The van der Waals surface area contributed by atoms with Gasteiger partial charge in [0.05, 0.1) is 18.8 Å². The Morgan fingerprint density at radius 2 is 1.96 bits per heavy atom. The van der Waals surface area contributed by atoms with Gasteiger partial charge in [-0.2, -0.15) is 0 Å². The third-order valence-electron chi connectivity index (χ3n) is 4.70. The second kappa shape index (κ2) is 7.74. The first kappa shape index (κ1) is 19.7. The van der Waals surface area contributed by atoms with Gasteiger partial charge in [0.15, 0.2) is 17.3 Å². The molecule has 1 aromatic rings. The van der Waals surface area contributed by atoms with E-state index in [4.69, 9.17) is 9.47 Å². The van der Waals surface area contributed by atoms with E-state index in [1.54, 1.807) is 39.0 Å². The lowest BCUT2D eigenvalue weighted by atomic mass is 9.80. The van der Waals surface area contributed by atoms with Crippen molar-refractivity contribution >= 4 is 17.8 Å². The van der Waals surface area contributed by atoms with Crippen LogP contribution in [0.4, 0.5) is 0 Å². The number of aromatic hydroxyl groups is 1. The number of fused-ring (bicyclic) bond motifs is 1. The Balaban J connectivity index is 2.68. The number of aliphatic hydroxyl groups excluding tert-OH is 1. The first-order valence-corrected chi connectivity index (χ1v) is 8.37. The molecule has 0 amide bonds. The number of carbonyl (C=O) groups excluding carboxylic acids is 2. The maximum atomic E-state index is 12.2. The van der Waals surface area contributed by atoms with Crippen molar-refractivity contribution in [2.75, 3.05) is 7.11 Å². The van der Waals surface area contributed by atoms with Gasteiger partial charge in [0.1, 0.15) is 6.61 Å². The number of phenolic OH excluding ortho intramolecular Hbond substituents is 1. The van der Waals surface area contributed by atoms with Gasteiger partial charge < -0.3 is 19.7 Å². The quantitative estimate of drug-likeness (QED) is 0.476. The van der Waals surface area contributed by atoms with E-state index in [-0.39, 0.29) is 35.4 Å². The fourth-order valence-corrected chi connectivity index (χ4v) is 3.13. The van der Waals surface area contributed by atoms with Gasteiger partial charge in [-0.25, -0.2) is 4.79 Å². The first-order valence-electron chi connectivity index (χ1n) is 8.37. The molecule has 2 rings (SSSR count). The summed E-state index contributed by atoms with van der Waals surface area (Å²) in [4.78, 5) is 24.2. The number of ketones is 1. The van der Waals surface area contributed by atoms with Crippen molar-refractivity contribution < 1.29 is 29.3 Å². The fraction of sp³-hybridized carbons (Fsp3) is 0.400. The minimum absolute atomic E-state index is 0.0425. The number of hydrogen-bond donors (Lipinski definition) is 2. The summed E-state index contributed by atoms with van der Waals surface area (Å²) in [5, 5.41) is 20.8.